The standard InChI is InChI=1S/C47H80N4O14/c1-7-13-17-33(10-4)26-42(57)63-30-47(31-64-43(58)27-34(11-5)18-14-8-2,32-65-44(59)28-35(12-6)19-15-9-3)50-39(53)23-22-38(52)48-29-40(54)51-25-16-20-37(51)45(60)49-36(46(61)62)21-24-41(55)56/h33-37H,7-32H2,1-6H3,(H,48,52)(H,49,60)(H,50,53)(H,55,56)(H,61,62). The Bertz CT molecular complexity index is 1440. The molecule has 65 heavy (non-hydrogen) atoms. The summed E-state index contributed by atoms with van der Waals surface area (Å²) in [5.41, 5.74) is -1.70. The molecule has 0 spiro atoms. The van der Waals surface area contributed by atoms with Crippen molar-refractivity contribution in [1.82, 2.24) is 20.9 Å². The zero-order valence-electron chi connectivity index (χ0n) is 40.0. The van der Waals surface area contributed by atoms with Gasteiger partial charge in [0, 0.05) is 45.1 Å². The van der Waals surface area contributed by atoms with Gasteiger partial charge in [-0.25, -0.2) is 4.79 Å². The zero-order valence-corrected chi connectivity index (χ0v) is 40.0. The molecule has 0 saturated carbocycles. The molecule has 5 unspecified atom stereocenters. The summed E-state index contributed by atoms with van der Waals surface area (Å²) in [6, 6.07) is -2.50. The molecule has 1 saturated heterocycles. The predicted octanol–water partition coefficient (Wildman–Crippen LogP) is 5.61. The van der Waals surface area contributed by atoms with Crippen LogP contribution in [0.25, 0.3) is 0 Å². The number of carboxylic acid groups (broad SMARTS) is 2. The number of amides is 4. The Kier molecular flexibility index (Phi) is 29.4. The zero-order chi connectivity index (χ0) is 48.8. The first-order valence-electron chi connectivity index (χ1n) is 24.0. The summed E-state index contributed by atoms with van der Waals surface area (Å²) in [4.78, 5) is 116. The second-order valence-corrected chi connectivity index (χ2v) is 17.5. The minimum absolute atomic E-state index is 0.0731. The number of nitrogens with one attached hydrogen (secondary N) is 3. The number of ether oxygens (including phenoxy) is 3. The van der Waals surface area contributed by atoms with Crippen LogP contribution in [0.1, 0.15) is 176 Å². The Morgan fingerprint density at radius 3 is 1.48 bits per heavy atom. The third-order valence-electron chi connectivity index (χ3n) is 12.1. The van der Waals surface area contributed by atoms with Crippen molar-refractivity contribution in [1.29, 1.82) is 0 Å². The second-order valence-electron chi connectivity index (χ2n) is 17.5. The maximum absolute atomic E-state index is 13.7. The molecular weight excluding hydrogens is 845 g/mol. The van der Waals surface area contributed by atoms with E-state index in [1.807, 2.05) is 20.8 Å². The smallest absolute Gasteiger partial charge is 0.326 e. The lowest BCUT2D eigenvalue weighted by atomic mass is 9.95. The largest absolute Gasteiger partial charge is 0.481 e. The predicted molar refractivity (Wildman–Crippen MR) is 241 cm³/mol. The normalized spacial score (nSPS) is 16.2. The number of aliphatic carboxylic acids is 2. The van der Waals surface area contributed by atoms with E-state index in [2.05, 4.69) is 36.7 Å². The number of likely N-dealkylation sites (tertiary alicyclic amines) is 1. The van der Waals surface area contributed by atoms with Gasteiger partial charge in [0.05, 0.1) is 6.54 Å². The summed E-state index contributed by atoms with van der Waals surface area (Å²) in [6.07, 6.45) is 9.86. The number of carbonyl (C=O) groups excluding carboxylic acids is 7. The minimum Gasteiger partial charge on any atom is -0.481 e. The van der Waals surface area contributed by atoms with E-state index in [4.69, 9.17) is 19.3 Å². The number of unbranched alkanes of at least 4 members (excludes halogenated alkanes) is 3. The van der Waals surface area contributed by atoms with Gasteiger partial charge in [-0.3, -0.25) is 38.4 Å². The number of hydrogen-bond donors (Lipinski definition) is 5. The third-order valence-corrected chi connectivity index (χ3v) is 12.1. The van der Waals surface area contributed by atoms with E-state index in [-0.39, 0.29) is 56.4 Å². The Morgan fingerprint density at radius 2 is 1.08 bits per heavy atom. The van der Waals surface area contributed by atoms with Crippen molar-refractivity contribution in [3.63, 3.8) is 0 Å². The van der Waals surface area contributed by atoms with E-state index in [1.54, 1.807) is 0 Å². The molecule has 372 valence electrons. The SMILES string of the molecule is CCCCC(CC)CC(=O)OCC(COC(=O)CC(CC)CCCC)(COC(=O)CC(CC)CCCC)NC(=O)CCC(=O)NCC(=O)N1CCCC1C(=O)NC(CCC(=O)O)C(=O)O. The first-order chi connectivity index (χ1) is 31.0. The molecule has 0 aliphatic carbocycles. The monoisotopic (exact) mass is 925 g/mol. The Morgan fingerprint density at radius 1 is 0.631 bits per heavy atom. The number of carbonyl (C=O) groups is 9. The summed E-state index contributed by atoms with van der Waals surface area (Å²) < 4.78 is 17.3. The molecule has 1 rings (SSSR count). The Labute approximate surface area is 385 Å². The highest BCUT2D eigenvalue weighted by Gasteiger charge is 2.39. The summed E-state index contributed by atoms with van der Waals surface area (Å²) in [7, 11) is 0. The molecule has 0 aromatic carbocycles. The van der Waals surface area contributed by atoms with E-state index in [0.717, 1.165) is 77.0 Å². The fourth-order valence-electron chi connectivity index (χ4n) is 7.68. The number of nitrogens with zero attached hydrogens (tertiary/aromatic N) is 1. The van der Waals surface area contributed by atoms with Crippen molar-refractivity contribution in [3.8, 4) is 0 Å². The van der Waals surface area contributed by atoms with Crippen LogP contribution in [0.2, 0.25) is 0 Å². The van der Waals surface area contributed by atoms with Crippen LogP contribution in [-0.2, 0) is 57.4 Å². The van der Waals surface area contributed by atoms with Gasteiger partial charge < -0.3 is 45.3 Å². The van der Waals surface area contributed by atoms with Crippen molar-refractivity contribution in [2.75, 3.05) is 32.9 Å². The first-order valence-corrected chi connectivity index (χ1v) is 24.0. The van der Waals surface area contributed by atoms with Gasteiger partial charge in [-0.05, 0) is 56.3 Å². The number of hydrogen-bond acceptors (Lipinski definition) is 12. The highest BCUT2D eigenvalue weighted by molar-refractivity contribution is 5.93. The summed E-state index contributed by atoms with van der Waals surface area (Å²) >= 11 is 0. The summed E-state index contributed by atoms with van der Waals surface area (Å²) in [5.74, 6) is -6.78. The van der Waals surface area contributed by atoms with Crippen LogP contribution in [0.4, 0.5) is 0 Å². The van der Waals surface area contributed by atoms with Gasteiger partial charge >= 0.3 is 29.8 Å². The second kappa shape index (κ2) is 32.8. The van der Waals surface area contributed by atoms with Crippen LogP contribution in [0, 0.1) is 17.8 Å². The molecule has 18 nitrogen and oxygen atoms in total. The number of esters is 3. The van der Waals surface area contributed by atoms with Crippen molar-refractivity contribution in [2.24, 2.45) is 17.8 Å². The van der Waals surface area contributed by atoms with E-state index < -0.39 is 117 Å². The summed E-state index contributed by atoms with van der Waals surface area (Å²) in [6.45, 7) is 10.4. The molecular formula is C47H80N4O14. The van der Waals surface area contributed by atoms with Gasteiger partial charge in [-0.15, -0.1) is 0 Å². The molecule has 4 amide bonds. The molecule has 5 N–H and O–H groups in total. The lowest BCUT2D eigenvalue weighted by molar-refractivity contribution is -0.160. The van der Waals surface area contributed by atoms with Crippen molar-refractivity contribution >= 4 is 53.5 Å². The lowest BCUT2D eigenvalue weighted by Crippen LogP contribution is -2.59. The molecule has 1 aliphatic heterocycles. The van der Waals surface area contributed by atoms with Crippen LogP contribution in [0.15, 0.2) is 0 Å². The number of carboxylic acids is 2. The Hall–Kier alpha value is -4.77. The molecule has 1 fully saturated rings. The quantitative estimate of drug-likeness (QED) is 0.0378. The van der Waals surface area contributed by atoms with Crippen LogP contribution in [-0.4, -0.2) is 119 Å². The van der Waals surface area contributed by atoms with Crippen molar-refractivity contribution < 1.29 is 67.6 Å². The molecule has 0 aromatic heterocycles. The van der Waals surface area contributed by atoms with Gasteiger partial charge in [0.15, 0.2) is 0 Å². The van der Waals surface area contributed by atoms with E-state index in [9.17, 15) is 48.3 Å². The number of rotatable bonds is 36. The van der Waals surface area contributed by atoms with Crippen molar-refractivity contribution in [3.05, 3.63) is 0 Å². The maximum Gasteiger partial charge on any atom is 0.326 e. The Balaban J connectivity index is 3.22. The summed E-state index contributed by atoms with van der Waals surface area (Å²) in [5, 5.41) is 25.9. The fraction of sp³-hybridized carbons (Fsp3) is 0.809. The topological polar surface area (TPSA) is 261 Å². The van der Waals surface area contributed by atoms with E-state index in [1.165, 1.54) is 4.90 Å². The molecule has 0 aromatic rings. The van der Waals surface area contributed by atoms with Gasteiger partial charge in [-0.1, -0.05) is 99.3 Å². The molecule has 0 bridgehead atoms. The van der Waals surface area contributed by atoms with E-state index in [0.29, 0.717) is 6.42 Å². The van der Waals surface area contributed by atoms with Gasteiger partial charge in [-0.2, -0.15) is 0 Å². The molecule has 1 aliphatic rings. The van der Waals surface area contributed by atoms with Crippen LogP contribution in [0.3, 0.4) is 0 Å². The molecule has 1 heterocycles. The highest BCUT2D eigenvalue weighted by Crippen LogP contribution is 2.23. The third kappa shape index (κ3) is 24.4. The van der Waals surface area contributed by atoms with Gasteiger partial charge in [0.25, 0.3) is 0 Å². The maximum atomic E-state index is 13.7. The molecule has 18 heteroatoms. The van der Waals surface area contributed by atoms with Gasteiger partial charge in [0.1, 0.15) is 37.4 Å². The lowest BCUT2D eigenvalue weighted by Gasteiger charge is -2.33. The van der Waals surface area contributed by atoms with Crippen molar-refractivity contribution in [2.45, 2.75) is 194 Å². The average Bonchev–Trinajstić information content (AvgIpc) is 3.78. The van der Waals surface area contributed by atoms with Gasteiger partial charge in [0.2, 0.25) is 23.6 Å². The van der Waals surface area contributed by atoms with Crippen LogP contribution < -0.4 is 16.0 Å². The average molecular weight is 925 g/mol. The first kappa shape index (κ1) is 58.2. The minimum atomic E-state index is -1.70. The van der Waals surface area contributed by atoms with Crippen LogP contribution >= 0.6 is 0 Å². The van der Waals surface area contributed by atoms with Crippen LogP contribution in [0.5, 0.6) is 0 Å². The molecule has 0 radical (unpaired) electrons. The molecule has 5 atom stereocenters. The fourth-order valence-corrected chi connectivity index (χ4v) is 7.68. The van der Waals surface area contributed by atoms with E-state index >= 15 is 0 Å². The highest BCUT2D eigenvalue weighted by atomic mass is 16.6.